The lowest BCUT2D eigenvalue weighted by atomic mass is 10.2. The minimum absolute atomic E-state index is 0.344. The number of likely N-dealkylation sites (N-methyl/N-ethyl adjacent to an activating group) is 1. The highest BCUT2D eigenvalue weighted by Gasteiger charge is 2.28. The van der Waals surface area contributed by atoms with Crippen LogP contribution in [0.1, 0.15) is 20.8 Å². The molecule has 1 aromatic heterocycles. The van der Waals surface area contributed by atoms with Crippen molar-refractivity contribution in [2.24, 2.45) is 0 Å². The van der Waals surface area contributed by atoms with Crippen molar-refractivity contribution in [2.75, 3.05) is 60.6 Å². The average Bonchev–Trinajstić information content (AvgIpc) is 2.87. The van der Waals surface area contributed by atoms with Gasteiger partial charge >= 0.3 is 0 Å². The minimum atomic E-state index is -3.52. The monoisotopic (exact) mass is 559 g/mol. The highest BCUT2D eigenvalue weighted by atomic mass is 35.5. The Hall–Kier alpha value is -3.28. The van der Waals surface area contributed by atoms with Crippen LogP contribution in [0.2, 0.25) is 5.02 Å². The van der Waals surface area contributed by atoms with Crippen LogP contribution in [0, 0.1) is 0 Å². The normalized spacial score (nSPS) is 14.7. The largest absolute Gasteiger partial charge is 0.495 e. The van der Waals surface area contributed by atoms with Crippen molar-refractivity contribution in [1.29, 1.82) is 0 Å². The van der Waals surface area contributed by atoms with E-state index in [0.717, 1.165) is 43.3 Å². The molecule has 2 heterocycles. The topological polar surface area (TPSA) is 112 Å². The van der Waals surface area contributed by atoms with Crippen molar-refractivity contribution < 1.29 is 13.2 Å². The molecule has 0 saturated carbocycles. The number of rotatable bonds is 8. The lowest BCUT2D eigenvalue weighted by Gasteiger charge is -2.34. The van der Waals surface area contributed by atoms with E-state index in [1.54, 1.807) is 52.1 Å². The zero-order valence-corrected chi connectivity index (χ0v) is 23.8. The van der Waals surface area contributed by atoms with E-state index >= 15 is 0 Å². The van der Waals surface area contributed by atoms with Crippen molar-refractivity contribution in [3.63, 3.8) is 0 Å². The van der Waals surface area contributed by atoms with Gasteiger partial charge in [0, 0.05) is 49.3 Å². The molecule has 12 heteroatoms. The van der Waals surface area contributed by atoms with E-state index in [9.17, 15) is 8.42 Å². The fraction of sp³-hybridized carbons (Fsp3) is 0.385. The van der Waals surface area contributed by atoms with Crippen molar-refractivity contribution in [3.05, 3.63) is 53.7 Å². The van der Waals surface area contributed by atoms with Crippen molar-refractivity contribution in [1.82, 2.24) is 14.9 Å². The maximum atomic E-state index is 12.4. The number of methoxy groups -OCH3 is 1. The first-order valence-electron chi connectivity index (χ1n) is 12.3. The molecular formula is C26H34ClN7O3S. The number of nitrogens with zero attached hydrogens (tertiary/aromatic N) is 4. The Morgan fingerprint density at radius 2 is 1.58 bits per heavy atom. The summed E-state index contributed by atoms with van der Waals surface area (Å²) in [4.78, 5) is 13.5. The molecular weight excluding hydrogens is 526 g/mol. The molecule has 2 aromatic carbocycles. The Morgan fingerprint density at radius 3 is 2.21 bits per heavy atom. The first kappa shape index (κ1) is 27.7. The second kappa shape index (κ2) is 11.2. The molecule has 0 atom stereocenters. The summed E-state index contributed by atoms with van der Waals surface area (Å²) >= 11 is 6.35. The van der Waals surface area contributed by atoms with Gasteiger partial charge in [0.05, 0.1) is 23.7 Å². The molecule has 0 unspecified atom stereocenters. The van der Waals surface area contributed by atoms with Gasteiger partial charge in [-0.1, -0.05) is 11.6 Å². The summed E-state index contributed by atoms with van der Waals surface area (Å²) in [7, 11) is 0.279. The van der Waals surface area contributed by atoms with Gasteiger partial charge in [-0.2, -0.15) is 4.98 Å². The Balaban J connectivity index is 1.46. The van der Waals surface area contributed by atoms with E-state index in [4.69, 9.17) is 16.3 Å². The van der Waals surface area contributed by atoms with Crippen molar-refractivity contribution in [2.45, 2.75) is 25.5 Å². The van der Waals surface area contributed by atoms with E-state index in [1.807, 2.05) is 18.2 Å². The number of aromatic nitrogens is 2. The number of sulfonamides is 1. The predicted molar refractivity (Wildman–Crippen MR) is 155 cm³/mol. The molecule has 38 heavy (non-hydrogen) atoms. The molecule has 204 valence electrons. The van der Waals surface area contributed by atoms with Crippen molar-refractivity contribution >= 4 is 56.1 Å². The number of nitrogens with one attached hydrogen (secondary N) is 3. The fourth-order valence-corrected chi connectivity index (χ4v) is 4.67. The van der Waals surface area contributed by atoms with E-state index in [-0.39, 0.29) is 0 Å². The molecule has 0 radical (unpaired) electrons. The van der Waals surface area contributed by atoms with Gasteiger partial charge in [-0.25, -0.2) is 13.4 Å². The lowest BCUT2D eigenvalue weighted by Crippen LogP contribution is -2.44. The van der Waals surface area contributed by atoms with Crippen molar-refractivity contribution in [3.8, 4) is 5.75 Å². The number of piperazine rings is 1. The number of hydrogen-bond acceptors (Lipinski definition) is 9. The van der Waals surface area contributed by atoms with E-state index in [0.29, 0.717) is 28.2 Å². The van der Waals surface area contributed by atoms with Crippen LogP contribution in [0.15, 0.2) is 48.7 Å². The van der Waals surface area contributed by atoms with Gasteiger partial charge in [-0.3, -0.25) is 4.72 Å². The van der Waals surface area contributed by atoms with Crippen LogP contribution in [0.3, 0.4) is 0 Å². The predicted octanol–water partition coefficient (Wildman–Crippen LogP) is 4.92. The molecule has 3 aromatic rings. The summed E-state index contributed by atoms with van der Waals surface area (Å²) < 4.78 is 32.2. The molecule has 0 bridgehead atoms. The van der Waals surface area contributed by atoms with Gasteiger partial charge in [0.2, 0.25) is 16.0 Å². The van der Waals surface area contributed by atoms with Gasteiger partial charge in [0.25, 0.3) is 0 Å². The first-order valence-corrected chi connectivity index (χ1v) is 14.1. The van der Waals surface area contributed by atoms with Crippen LogP contribution in [0.25, 0.3) is 0 Å². The zero-order chi connectivity index (χ0) is 27.5. The SMILES string of the molecule is COc1cc(Nc2ncc(Cl)c(Nc3ccc(NS(=O)(=O)C(C)(C)C)cc3)n2)ccc1N1CCN(C)CC1. The zero-order valence-electron chi connectivity index (χ0n) is 22.2. The molecule has 3 N–H and O–H groups in total. The van der Waals surface area contributed by atoms with Gasteiger partial charge in [-0.05, 0) is 64.2 Å². The highest BCUT2D eigenvalue weighted by molar-refractivity contribution is 7.94. The number of benzene rings is 2. The van der Waals surface area contributed by atoms with Crippen LogP contribution in [-0.4, -0.2) is 68.4 Å². The second-order valence-electron chi connectivity index (χ2n) is 10.1. The molecule has 1 aliphatic rings. The maximum Gasteiger partial charge on any atom is 0.237 e. The Bertz CT molecular complexity index is 1370. The van der Waals surface area contributed by atoms with Crippen LogP contribution in [0.4, 0.5) is 34.5 Å². The fourth-order valence-electron chi connectivity index (χ4n) is 3.77. The van der Waals surface area contributed by atoms with E-state index in [2.05, 4.69) is 42.2 Å². The van der Waals surface area contributed by atoms with Crippen LogP contribution >= 0.6 is 11.6 Å². The molecule has 10 nitrogen and oxygen atoms in total. The maximum absolute atomic E-state index is 12.4. The summed E-state index contributed by atoms with van der Waals surface area (Å²) in [5, 5.41) is 6.72. The summed E-state index contributed by atoms with van der Waals surface area (Å²) in [6, 6.07) is 12.8. The minimum Gasteiger partial charge on any atom is -0.495 e. The summed E-state index contributed by atoms with van der Waals surface area (Å²) in [6.45, 7) is 8.83. The quantitative estimate of drug-likeness (QED) is 0.354. The van der Waals surface area contributed by atoms with E-state index < -0.39 is 14.8 Å². The van der Waals surface area contributed by atoms with Gasteiger partial charge in [0.1, 0.15) is 10.8 Å². The summed E-state index contributed by atoms with van der Waals surface area (Å²) in [6.07, 6.45) is 1.51. The summed E-state index contributed by atoms with van der Waals surface area (Å²) in [5.41, 5.74) is 2.99. The number of hydrogen-bond donors (Lipinski definition) is 3. The third-order valence-corrected chi connectivity index (χ3v) is 8.62. The molecule has 1 fully saturated rings. The average molecular weight is 560 g/mol. The van der Waals surface area contributed by atoms with Gasteiger partial charge in [0.15, 0.2) is 5.82 Å². The number of halogens is 1. The molecule has 0 amide bonds. The number of ether oxygens (including phenoxy) is 1. The lowest BCUT2D eigenvalue weighted by molar-refractivity contribution is 0.311. The number of anilines is 6. The van der Waals surface area contributed by atoms with Crippen LogP contribution in [-0.2, 0) is 10.0 Å². The standard InChI is InChI=1S/C26H34ClN7O3S/c1-26(2,3)38(35,36)32-19-8-6-18(7-9-19)29-24-21(27)17-28-25(31-24)30-20-10-11-22(23(16-20)37-5)34-14-12-33(4)13-15-34/h6-11,16-17,32H,12-15H2,1-5H3,(H2,28,29,30,31). The van der Waals surface area contributed by atoms with Crippen LogP contribution < -0.4 is 25.0 Å². The first-order chi connectivity index (χ1) is 17.9. The van der Waals surface area contributed by atoms with Gasteiger partial charge in [-0.15, -0.1) is 0 Å². The van der Waals surface area contributed by atoms with Crippen LogP contribution in [0.5, 0.6) is 5.75 Å². The molecule has 4 rings (SSSR count). The van der Waals surface area contributed by atoms with E-state index in [1.165, 1.54) is 6.20 Å². The Morgan fingerprint density at radius 1 is 0.947 bits per heavy atom. The molecule has 1 aliphatic heterocycles. The third-order valence-electron chi connectivity index (χ3n) is 6.23. The Kier molecular flexibility index (Phi) is 8.19. The molecule has 0 aliphatic carbocycles. The molecule has 0 spiro atoms. The summed E-state index contributed by atoms with van der Waals surface area (Å²) in [5.74, 6) is 1.54. The highest BCUT2D eigenvalue weighted by Crippen LogP contribution is 2.33. The molecule has 1 saturated heterocycles. The second-order valence-corrected chi connectivity index (χ2v) is 13.0. The third kappa shape index (κ3) is 6.58. The smallest absolute Gasteiger partial charge is 0.237 e. The Labute approximate surface area is 229 Å². The van der Waals surface area contributed by atoms with Gasteiger partial charge < -0.3 is 25.2 Å².